The highest BCUT2D eigenvalue weighted by Gasteiger charge is 2.16. The summed E-state index contributed by atoms with van der Waals surface area (Å²) in [5.41, 5.74) is -0.585. The molecule has 0 amide bonds. The summed E-state index contributed by atoms with van der Waals surface area (Å²) >= 11 is 0. The summed E-state index contributed by atoms with van der Waals surface area (Å²) in [6.45, 7) is 6.34. The third-order valence-electron chi connectivity index (χ3n) is 1.21. The quantitative estimate of drug-likeness (QED) is 0.383. The molecule has 0 atom stereocenters. The Balaban J connectivity index is 4.30. The lowest BCUT2D eigenvalue weighted by atomic mass is 10.1. The first-order valence-corrected chi connectivity index (χ1v) is 3.46. The van der Waals surface area contributed by atoms with Gasteiger partial charge in [-0.3, -0.25) is 10.2 Å². The van der Waals surface area contributed by atoms with Crippen molar-refractivity contribution in [2.75, 3.05) is 6.61 Å². The van der Waals surface area contributed by atoms with Gasteiger partial charge in [-0.25, -0.2) is 4.79 Å². The van der Waals surface area contributed by atoms with E-state index in [1.54, 1.807) is 6.92 Å². The Morgan fingerprint density at radius 1 is 1.50 bits per heavy atom. The monoisotopic (exact) mass is 169 g/mol. The lowest BCUT2D eigenvalue weighted by molar-refractivity contribution is -0.135. The van der Waals surface area contributed by atoms with Gasteiger partial charge in [0.25, 0.3) is 0 Å². The van der Waals surface area contributed by atoms with Crippen molar-refractivity contribution in [1.29, 1.82) is 5.41 Å². The molecule has 0 spiro atoms. The predicted molar refractivity (Wildman–Crippen MR) is 44.2 cm³/mol. The van der Waals surface area contributed by atoms with E-state index < -0.39 is 17.5 Å². The fourth-order valence-electron chi connectivity index (χ4n) is 0.502. The van der Waals surface area contributed by atoms with Gasteiger partial charge in [0, 0.05) is 5.57 Å². The summed E-state index contributed by atoms with van der Waals surface area (Å²) in [6, 6.07) is 0. The standard InChI is InChI=1S/C8H11NO3/c1-4-12-8(11)7(9)5(2)6(3)10/h9H,2,4H2,1,3H3. The molecule has 66 valence electrons. The molecular formula is C8H11NO3. The molecule has 0 rings (SSSR count). The van der Waals surface area contributed by atoms with Gasteiger partial charge in [-0.15, -0.1) is 0 Å². The van der Waals surface area contributed by atoms with Crippen LogP contribution < -0.4 is 0 Å². The molecule has 0 radical (unpaired) electrons. The molecule has 0 aliphatic carbocycles. The second-order valence-corrected chi connectivity index (χ2v) is 2.13. The molecule has 0 saturated heterocycles. The van der Waals surface area contributed by atoms with Crippen LogP contribution in [-0.2, 0) is 14.3 Å². The molecule has 0 unspecified atom stereocenters. The molecule has 0 aromatic rings. The van der Waals surface area contributed by atoms with Crippen molar-refractivity contribution in [2.24, 2.45) is 0 Å². The van der Waals surface area contributed by atoms with Gasteiger partial charge in [-0.05, 0) is 13.8 Å². The number of carbonyl (C=O) groups is 2. The van der Waals surface area contributed by atoms with E-state index in [4.69, 9.17) is 5.41 Å². The van der Waals surface area contributed by atoms with Gasteiger partial charge in [0.15, 0.2) is 5.78 Å². The fourth-order valence-corrected chi connectivity index (χ4v) is 0.502. The van der Waals surface area contributed by atoms with E-state index in [0.717, 1.165) is 0 Å². The highest BCUT2D eigenvalue weighted by Crippen LogP contribution is 1.96. The maximum absolute atomic E-state index is 10.8. The van der Waals surface area contributed by atoms with Crippen molar-refractivity contribution < 1.29 is 14.3 Å². The van der Waals surface area contributed by atoms with Crippen molar-refractivity contribution in [2.45, 2.75) is 13.8 Å². The average Bonchev–Trinajstić information content (AvgIpc) is 2.02. The number of ether oxygens (including phenoxy) is 1. The van der Waals surface area contributed by atoms with Crippen molar-refractivity contribution >= 4 is 17.5 Å². The summed E-state index contributed by atoms with van der Waals surface area (Å²) in [7, 11) is 0. The molecular weight excluding hydrogens is 158 g/mol. The molecule has 0 fully saturated rings. The second kappa shape index (κ2) is 4.43. The molecule has 1 N–H and O–H groups in total. The minimum atomic E-state index is -0.808. The van der Waals surface area contributed by atoms with E-state index in [1.165, 1.54) is 6.92 Å². The number of hydrogen-bond acceptors (Lipinski definition) is 4. The number of esters is 1. The number of Topliss-reactive ketones (excluding diaryl/α,β-unsaturated/α-hetero) is 1. The normalized spacial score (nSPS) is 8.83. The number of ketones is 1. The summed E-state index contributed by atoms with van der Waals surface area (Å²) in [5, 5.41) is 7.14. The van der Waals surface area contributed by atoms with Crippen LogP contribution in [0, 0.1) is 5.41 Å². The second-order valence-electron chi connectivity index (χ2n) is 2.13. The van der Waals surface area contributed by atoms with Crippen molar-refractivity contribution in [3.63, 3.8) is 0 Å². The van der Waals surface area contributed by atoms with Crippen LogP contribution in [0.15, 0.2) is 12.2 Å². The van der Waals surface area contributed by atoms with Crippen LogP contribution in [-0.4, -0.2) is 24.1 Å². The number of carbonyl (C=O) groups excluding carboxylic acids is 2. The number of nitrogens with one attached hydrogen (secondary N) is 1. The Kier molecular flexibility index (Phi) is 3.90. The zero-order valence-corrected chi connectivity index (χ0v) is 7.14. The van der Waals surface area contributed by atoms with E-state index in [1.807, 2.05) is 0 Å². The highest BCUT2D eigenvalue weighted by atomic mass is 16.5. The van der Waals surface area contributed by atoms with Crippen LogP contribution in [0.3, 0.4) is 0 Å². The first-order chi connectivity index (χ1) is 5.50. The third kappa shape index (κ3) is 2.65. The Labute approximate surface area is 70.7 Å². The van der Waals surface area contributed by atoms with Crippen LogP contribution >= 0.6 is 0 Å². The van der Waals surface area contributed by atoms with Gasteiger partial charge in [-0.2, -0.15) is 0 Å². The maximum atomic E-state index is 10.8. The Morgan fingerprint density at radius 2 is 2.00 bits per heavy atom. The molecule has 0 bridgehead atoms. The van der Waals surface area contributed by atoms with E-state index in [-0.39, 0.29) is 12.2 Å². The zero-order valence-electron chi connectivity index (χ0n) is 7.14. The largest absolute Gasteiger partial charge is 0.461 e. The fraction of sp³-hybridized carbons (Fsp3) is 0.375. The van der Waals surface area contributed by atoms with E-state index in [0.29, 0.717) is 0 Å². The Bertz CT molecular complexity index is 243. The van der Waals surface area contributed by atoms with Crippen LogP contribution in [0.5, 0.6) is 0 Å². The van der Waals surface area contributed by atoms with Crippen LogP contribution in [0.2, 0.25) is 0 Å². The molecule has 0 saturated carbocycles. The summed E-state index contributed by atoms with van der Waals surface area (Å²) in [6.07, 6.45) is 0. The van der Waals surface area contributed by atoms with Crippen LogP contribution in [0.4, 0.5) is 0 Å². The summed E-state index contributed by atoms with van der Waals surface area (Å²) in [4.78, 5) is 21.5. The smallest absolute Gasteiger partial charge is 0.356 e. The van der Waals surface area contributed by atoms with Gasteiger partial charge < -0.3 is 4.74 Å². The minimum Gasteiger partial charge on any atom is -0.461 e. The molecule has 0 aliphatic heterocycles. The summed E-state index contributed by atoms with van der Waals surface area (Å²) in [5.74, 6) is -1.20. The zero-order chi connectivity index (χ0) is 9.72. The number of rotatable bonds is 4. The molecule has 12 heavy (non-hydrogen) atoms. The third-order valence-corrected chi connectivity index (χ3v) is 1.21. The SMILES string of the molecule is C=C(C(=N)C(=O)OCC)C(C)=O. The minimum absolute atomic E-state index is 0.117. The Morgan fingerprint density at radius 3 is 2.33 bits per heavy atom. The van der Waals surface area contributed by atoms with Gasteiger partial charge in [0.2, 0.25) is 0 Å². The lowest BCUT2D eigenvalue weighted by Crippen LogP contribution is -2.21. The average molecular weight is 169 g/mol. The molecule has 0 heterocycles. The van der Waals surface area contributed by atoms with Gasteiger partial charge in [0.1, 0.15) is 5.71 Å². The number of hydrogen-bond donors (Lipinski definition) is 1. The Hall–Kier alpha value is -1.45. The first kappa shape index (κ1) is 10.6. The van der Waals surface area contributed by atoms with Crippen LogP contribution in [0.1, 0.15) is 13.8 Å². The van der Waals surface area contributed by atoms with Gasteiger partial charge in [-0.1, -0.05) is 6.58 Å². The van der Waals surface area contributed by atoms with Gasteiger partial charge >= 0.3 is 5.97 Å². The highest BCUT2D eigenvalue weighted by molar-refractivity contribution is 6.48. The van der Waals surface area contributed by atoms with Crippen LogP contribution in [0.25, 0.3) is 0 Å². The molecule has 4 nitrogen and oxygen atoms in total. The van der Waals surface area contributed by atoms with Crippen molar-refractivity contribution in [3.8, 4) is 0 Å². The predicted octanol–water partition coefficient (Wildman–Crippen LogP) is 0.714. The molecule has 0 aromatic carbocycles. The topological polar surface area (TPSA) is 67.2 Å². The van der Waals surface area contributed by atoms with E-state index >= 15 is 0 Å². The van der Waals surface area contributed by atoms with E-state index in [9.17, 15) is 9.59 Å². The summed E-state index contributed by atoms with van der Waals surface area (Å²) < 4.78 is 4.50. The molecule has 4 heteroatoms. The van der Waals surface area contributed by atoms with Crippen molar-refractivity contribution in [1.82, 2.24) is 0 Å². The molecule has 0 aliphatic rings. The maximum Gasteiger partial charge on any atom is 0.356 e. The van der Waals surface area contributed by atoms with E-state index in [2.05, 4.69) is 11.3 Å². The van der Waals surface area contributed by atoms with Gasteiger partial charge in [0.05, 0.1) is 6.61 Å². The lowest BCUT2D eigenvalue weighted by Gasteiger charge is -2.02. The van der Waals surface area contributed by atoms with Crippen molar-refractivity contribution in [3.05, 3.63) is 12.2 Å². The first-order valence-electron chi connectivity index (χ1n) is 3.46. The molecule has 0 aromatic heterocycles.